The molecule has 18 heavy (non-hydrogen) atoms. The second-order valence-electron chi connectivity index (χ2n) is 5.05. The minimum Gasteiger partial charge on any atom is -0.466 e. The Morgan fingerprint density at radius 1 is 1.22 bits per heavy atom. The van der Waals surface area contributed by atoms with E-state index in [1.54, 1.807) is 7.11 Å². The van der Waals surface area contributed by atoms with Crippen LogP contribution in [-0.4, -0.2) is 20.3 Å². The summed E-state index contributed by atoms with van der Waals surface area (Å²) in [6, 6.07) is 0.350. The summed E-state index contributed by atoms with van der Waals surface area (Å²) < 4.78 is 10.9. The first-order chi connectivity index (χ1) is 8.52. The molecule has 0 aliphatic heterocycles. The van der Waals surface area contributed by atoms with Gasteiger partial charge in [-0.1, -0.05) is 13.8 Å². The number of methoxy groups -OCH3 is 1. The molecule has 0 bridgehead atoms. The van der Waals surface area contributed by atoms with Gasteiger partial charge in [0.1, 0.15) is 11.5 Å². The van der Waals surface area contributed by atoms with Crippen LogP contribution in [0.5, 0.6) is 0 Å². The number of ether oxygens (including phenoxy) is 1. The van der Waals surface area contributed by atoms with E-state index < -0.39 is 0 Å². The number of hydrogen-bond donors (Lipinski definition) is 1. The van der Waals surface area contributed by atoms with Crippen LogP contribution in [0.1, 0.15) is 49.0 Å². The van der Waals surface area contributed by atoms with Gasteiger partial charge in [-0.25, -0.2) is 0 Å². The fourth-order valence-corrected chi connectivity index (χ4v) is 2.55. The van der Waals surface area contributed by atoms with Crippen LogP contribution in [0.25, 0.3) is 0 Å². The van der Waals surface area contributed by atoms with Crippen LogP contribution >= 0.6 is 0 Å². The molecule has 1 aromatic heterocycles. The van der Waals surface area contributed by atoms with Gasteiger partial charge in [0, 0.05) is 25.3 Å². The molecule has 0 aliphatic carbocycles. The second kappa shape index (κ2) is 6.95. The fraction of sp³-hybridized carbons (Fsp3) is 0.733. The fourth-order valence-electron chi connectivity index (χ4n) is 2.55. The van der Waals surface area contributed by atoms with Gasteiger partial charge in [0.25, 0.3) is 0 Å². The molecule has 1 heterocycles. The van der Waals surface area contributed by atoms with E-state index in [9.17, 15) is 0 Å². The van der Waals surface area contributed by atoms with Crippen LogP contribution in [0.2, 0.25) is 0 Å². The summed E-state index contributed by atoms with van der Waals surface area (Å²) in [6.45, 7) is 12.4. The van der Waals surface area contributed by atoms with Crippen LogP contribution < -0.4 is 5.32 Å². The van der Waals surface area contributed by atoms with Crippen molar-refractivity contribution in [1.29, 1.82) is 0 Å². The van der Waals surface area contributed by atoms with E-state index in [4.69, 9.17) is 9.15 Å². The molecule has 2 atom stereocenters. The highest BCUT2D eigenvalue weighted by atomic mass is 16.5. The summed E-state index contributed by atoms with van der Waals surface area (Å²) >= 11 is 0. The highest BCUT2D eigenvalue weighted by molar-refractivity contribution is 5.34. The van der Waals surface area contributed by atoms with Crippen molar-refractivity contribution in [1.82, 2.24) is 5.32 Å². The van der Waals surface area contributed by atoms with Gasteiger partial charge in [0.2, 0.25) is 0 Å². The number of hydrogen-bond acceptors (Lipinski definition) is 3. The molecule has 0 spiro atoms. The minimum atomic E-state index is 0.350. The number of nitrogens with one attached hydrogen (secondary N) is 1. The van der Waals surface area contributed by atoms with E-state index in [0.29, 0.717) is 12.0 Å². The van der Waals surface area contributed by atoms with E-state index in [1.807, 2.05) is 6.92 Å². The van der Waals surface area contributed by atoms with Crippen molar-refractivity contribution < 1.29 is 9.15 Å². The third kappa shape index (κ3) is 3.36. The maximum atomic E-state index is 5.76. The Labute approximate surface area is 111 Å². The smallest absolute Gasteiger partial charge is 0.106 e. The van der Waals surface area contributed by atoms with Gasteiger partial charge in [-0.2, -0.15) is 0 Å². The van der Waals surface area contributed by atoms with Gasteiger partial charge in [-0.05, 0) is 45.2 Å². The number of furan rings is 1. The molecule has 1 rings (SSSR count). The van der Waals surface area contributed by atoms with Crippen molar-refractivity contribution >= 4 is 0 Å². The Bertz CT molecular complexity index is 371. The first kappa shape index (κ1) is 15.3. The molecule has 104 valence electrons. The summed E-state index contributed by atoms with van der Waals surface area (Å²) in [5.41, 5.74) is 2.61. The summed E-state index contributed by atoms with van der Waals surface area (Å²) in [6.07, 6.45) is 1.05. The van der Waals surface area contributed by atoms with E-state index in [1.165, 1.54) is 11.1 Å². The zero-order valence-corrected chi connectivity index (χ0v) is 12.6. The lowest BCUT2D eigenvalue weighted by molar-refractivity contribution is 0.170. The molecule has 0 aromatic carbocycles. The summed E-state index contributed by atoms with van der Waals surface area (Å²) in [7, 11) is 1.76. The zero-order chi connectivity index (χ0) is 13.7. The van der Waals surface area contributed by atoms with Crippen molar-refractivity contribution in [3.05, 3.63) is 22.6 Å². The van der Waals surface area contributed by atoms with Crippen molar-refractivity contribution in [3.63, 3.8) is 0 Å². The SMILES string of the molecule is CCNC(c1c(C)oc(C)c1C)C(C)CCOC. The molecule has 0 radical (unpaired) electrons. The monoisotopic (exact) mass is 253 g/mol. The van der Waals surface area contributed by atoms with Crippen LogP contribution in [0.15, 0.2) is 4.42 Å². The molecular weight excluding hydrogens is 226 g/mol. The Morgan fingerprint density at radius 3 is 2.33 bits per heavy atom. The van der Waals surface area contributed by atoms with Crippen molar-refractivity contribution in [3.8, 4) is 0 Å². The van der Waals surface area contributed by atoms with Gasteiger partial charge in [-0.3, -0.25) is 0 Å². The Morgan fingerprint density at radius 2 is 1.89 bits per heavy atom. The molecule has 2 unspecified atom stereocenters. The molecular formula is C15H27NO2. The minimum absolute atomic E-state index is 0.350. The molecule has 1 N–H and O–H groups in total. The lowest BCUT2D eigenvalue weighted by atomic mass is 9.89. The Hall–Kier alpha value is -0.800. The maximum absolute atomic E-state index is 5.76. The molecule has 3 heteroatoms. The van der Waals surface area contributed by atoms with Crippen LogP contribution in [0, 0.1) is 26.7 Å². The molecule has 0 fully saturated rings. The third-order valence-electron chi connectivity index (χ3n) is 3.70. The summed E-state index contributed by atoms with van der Waals surface area (Å²) in [4.78, 5) is 0. The molecule has 0 amide bonds. The van der Waals surface area contributed by atoms with E-state index in [-0.39, 0.29) is 0 Å². The van der Waals surface area contributed by atoms with E-state index in [2.05, 4.69) is 33.0 Å². The molecule has 0 aliphatic rings. The molecule has 0 saturated heterocycles. The normalized spacial score (nSPS) is 14.8. The summed E-state index contributed by atoms with van der Waals surface area (Å²) in [5, 5.41) is 3.59. The first-order valence-electron chi connectivity index (χ1n) is 6.81. The second-order valence-corrected chi connectivity index (χ2v) is 5.05. The van der Waals surface area contributed by atoms with Gasteiger partial charge in [0.05, 0.1) is 0 Å². The standard InChI is InChI=1S/C15H27NO2/c1-7-16-15(10(2)8-9-17-6)14-11(3)12(4)18-13(14)5/h10,15-16H,7-9H2,1-6H3. The lowest BCUT2D eigenvalue weighted by Crippen LogP contribution is -2.28. The highest BCUT2D eigenvalue weighted by Crippen LogP contribution is 2.32. The quantitative estimate of drug-likeness (QED) is 0.807. The number of rotatable bonds is 7. The average molecular weight is 253 g/mol. The van der Waals surface area contributed by atoms with Crippen LogP contribution in [-0.2, 0) is 4.74 Å². The van der Waals surface area contributed by atoms with E-state index >= 15 is 0 Å². The van der Waals surface area contributed by atoms with Crippen molar-refractivity contribution in [2.45, 2.75) is 47.1 Å². The molecule has 0 saturated carbocycles. The predicted octanol–water partition coefficient (Wildman–Crippen LogP) is 3.53. The third-order valence-corrected chi connectivity index (χ3v) is 3.70. The van der Waals surface area contributed by atoms with Crippen molar-refractivity contribution in [2.24, 2.45) is 5.92 Å². The van der Waals surface area contributed by atoms with Gasteiger partial charge in [-0.15, -0.1) is 0 Å². The molecule has 1 aromatic rings. The van der Waals surface area contributed by atoms with Crippen LogP contribution in [0.3, 0.4) is 0 Å². The lowest BCUT2D eigenvalue weighted by Gasteiger charge is -2.25. The zero-order valence-electron chi connectivity index (χ0n) is 12.6. The predicted molar refractivity (Wildman–Crippen MR) is 75.0 cm³/mol. The topological polar surface area (TPSA) is 34.4 Å². The largest absolute Gasteiger partial charge is 0.466 e. The molecule has 3 nitrogen and oxygen atoms in total. The van der Waals surface area contributed by atoms with Gasteiger partial charge < -0.3 is 14.5 Å². The Balaban J connectivity index is 2.96. The van der Waals surface area contributed by atoms with Gasteiger partial charge in [0.15, 0.2) is 0 Å². The van der Waals surface area contributed by atoms with E-state index in [0.717, 1.165) is 31.1 Å². The Kier molecular flexibility index (Phi) is 5.89. The van der Waals surface area contributed by atoms with Crippen molar-refractivity contribution in [2.75, 3.05) is 20.3 Å². The van der Waals surface area contributed by atoms with Gasteiger partial charge >= 0.3 is 0 Å². The first-order valence-corrected chi connectivity index (χ1v) is 6.81. The highest BCUT2D eigenvalue weighted by Gasteiger charge is 2.25. The number of aryl methyl sites for hydroxylation is 2. The average Bonchev–Trinajstić information content (AvgIpc) is 2.58. The maximum Gasteiger partial charge on any atom is 0.106 e. The summed E-state index contributed by atoms with van der Waals surface area (Å²) in [5.74, 6) is 2.60. The van der Waals surface area contributed by atoms with Crippen LogP contribution in [0.4, 0.5) is 0 Å².